The number of hydrogen-bond donors (Lipinski definition) is 2. The number of nitrogens with one attached hydrogen (secondary N) is 1. The number of fused-ring (bicyclic) bond motifs is 3. The van der Waals surface area contributed by atoms with Crippen molar-refractivity contribution in [2.24, 2.45) is 0 Å². The topological polar surface area (TPSA) is 77.9 Å². The van der Waals surface area contributed by atoms with Crippen molar-refractivity contribution in [3.8, 4) is 0 Å². The van der Waals surface area contributed by atoms with Gasteiger partial charge in [-0.25, -0.2) is 4.98 Å². The number of benzene rings is 1. The summed E-state index contributed by atoms with van der Waals surface area (Å²) in [6, 6.07) is 9.74. The minimum Gasteiger partial charge on any atom is -0.399 e. The summed E-state index contributed by atoms with van der Waals surface area (Å²) in [4.78, 5) is 20.2. The fraction of sp³-hybridized carbons (Fsp3) is 0.294. The molecule has 0 bridgehead atoms. The molecule has 0 saturated carbocycles. The van der Waals surface area contributed by atoms with E-state index < -0.39 is 11.0 Å². The standard InChI is InChI=1S/C17H22B6N4O3/c18-14(19)17(22,29)27(15(20)16(21,23-15)30-14)10-3-4-11-12(6-10)26(8-28)7-9-2-1-5-24-13(9)25-11/h1-6,8,23,29H,7,18-22H2,(H,24,25). The Labute approximate surface area is 181 Å². The molecular weight excluding hydrogens is 373 g/mol. The zero-order chi connectivity index (χ0) is 21.5. The maximum Gasteiger partial charge on any atom is 0.214 e. The second kappa shape index (κ2) is 5.92. The van der Waals surface area contributed by atoms with E-state index in [4.69, 9.17) is 4.74 Å². The highest BCUT2D eigenvalue weighted by Gasteiger charge is 2.75. The van der Waals surface area contributed by atoms with E-state index in [1.807, 2.05) is 46.0 Å². The first-order valence-electron chi connectivity index (χ1n) is 10.3. The molecule has 2 saturated heterocycles. The molecule has 30 heavy (non-hydrogen) atoms. The molecule has 13 heteroatoms. The molecule has 3 unspecified atom stereocenters. The average Bonchev–Trinajstić information content (AvgIpc) is 3.26. The molecule has 1 amide bonds. The third-order valence-electron chi connectivity index (χ3n) is 7.41. The Kier molecular flexibility index (Phi) is 3.88. The van der Waals surface area contributed by atoms with Crippen LogP contribution in [0, 0.1) is 0 Å². The Bertz CT molecular complexity index is 1070. The molecule has 3 aliphatic rings. The zero-order valence-corrected chi connectivity index (χ0v) is 18.1. The molecule has 2 fully saturated rings. The fourth-order valence-corrected chi connectivity index (χ4v) is 5.19. The molecule has 2 N–H and O–H groups in total. The van der Waals surface area contributed by atoms with Crippen molar-refractivity contribution in [2.45, 2.75) is 28.3 Å². The van der Waals surface area contributed by atoms with Crippen molar-refractivity contribution in [1.29, 1.82) is 0 Å². The Morgan fingerprint density at radius 2 is 2.00 bits per heavy atom. The number of rotatable bonds is 2. The first kappa shape index (κ1) is 19.7. The maximum absolute atomic E-state index is 12.0. The highest BCUT2D eigenvalue weighted by Crippen LogP contribution is 2.54. The van der Waals surface area contributed by atoms with Gasteiger partial charge in [-0.2, -0.15) is 0 Å². The van der Waals surface area contributed by atoms with Crippen LogP contribution in [0.1, 0.15) is 5.56 Å². The van der Waals surface area contributed by atoms with Crippen molar-refractivity contribution in [3.05, 3.63) is 42.1 Å². The fourth-order valence-electron chi connectivity index (χ4n) is 5.19. The summed E-state index contributed by atoms with van der Waals surface area (Å²) in [6.07, 6.45) is 2.58. The first-order valence-corrected chi connectivity index (χ1v) is 10.3. The van der Waals surface area contributed by atoms with Crippen molar-refractivity contribution >= 4 is 75.8 Å². The minimum absolute atomic E-state index is 0.338. The predicted octanol–water partition coefficient (Wildman–Crippen LogP) is -4.64. The molecule has 1 aromatic heterocycles. The average molecular weight is 395 g/mol. The lowest BCUT2D eigenvalue weighted by atomic mass is 9.49. The number of anilines is 4. The van der Waals surface area contributed by atoms with Crippen LogP contribution in [0.15, 0.2) is 36.5 Å². The Hall–Kier alpha value is -2.25. The van der Waals surface area contributed by atoms with E-state index in [0.29, 0.717) is 6.54 Å². The van der Waals surface area contributed by atoms with Gasteiger partial charge in [0.25, 0.3) is 0 Å². The number of ether oxygens (including phenoxy) is 1. The van der Waals surface area contributed by atoms with Crippen LogP contribution in [-0.2, 0) is 16.1 Å². The third kappa shape index (κ3) is 2.48. The molecule has 0 spiro atoms. The van der Waals surface area contributed by atoms with E-state index in [1.54, 1.807) is 18.9 Å². The smallest absolute Gasteiger partial charge is 0.214 e. The molecule has 4 heterocycles. The van der Waals surface area contributed by atoms with Crippen LogP contribution in [0.2, 0.25) is 0 Å². The summed E-state index contributed by atoms with van der Waals surface area (Å²) in [7, 11) is 10.7. The quantitative estimate of drug-likeness (QED) is 0.394. The van der Waals surface area contributed by atoms with Crippen LogP contribution in [0.5, 0.6) is 0 Å². The van der Waals surface area contributed by atoms with Gasteiger partial charge in [0.2, 0.25) is 6.41 Å². The van der Waals surface area contributed by atoms with Crippen molar-refractivity contribution in [3.63, 3.8) is 0 Å². The van der Waals surface area contributed by atoms with Crippen LogP contribution in [0.25, 0.3) is 0 Å². The normalized spacial score (nSPS) is 33.1. The monoisotopic (exact) mass is 396 g/mol. The molecule has 3 atom stereocenters. The van der Waals surface area contributed by atoms with E-state index in [9.17, 15) is 9.90 Å². The SMILES string of the molecule is BC1(B)OC2(B)BC2(B)N(c2ccc3c(c2)N(C=O)Cc2cccnc2N3)C1(B)O. The second-order valence-electron chi connectivity index (χ2n) is 9.72. The zero-order valence-electron chi connectivity index (χ0n) is 18.1. The molecule has 5 rings (SSSR count). The van der Waals surface area contributed by atoms with Crippen molar-refractivity contribution < 1.29 is 14.6 Å². The van der Waals surface area contributed by atoms with Gasteiger partial charge in [0.1, 0.15) is 42.8 Å². The number of carbonyl (C=O) groups is 1. The van der Waals surface area contributed by atoms with Gasteiger partial charge in [0.05, 0.1) is 17.9 Å². The van der Waals surface area contributed by atoms with Crippen molar-refractivity contribution in [1.82, 2.24) is 4.98 Å². The molecule has 0 radical (unpaired) electrons. The third-order valence-corrected chi connectivity index (χ3v) is 7.41. The number of nitrogens with zero attached hydrogens (tertiary/aromatic N) is 3. The number of amides is 1. The van der Waals surface area contributed by atoms with E-state index in [-0.39, 0.29) is 10.7 Å². The number of carbonyl (C=O) groups excluding carboxylic acids is 1. The lowest BCUT2D eigenvalue weighted by molar-refractivity contribution is -0.107. The minimum atomic E-state index is -1.24. The van der Waals surface area contributed by atoms with Crippen LogP contribution < -0.4 is 15.1 Å². The summed E-state index contributed by atoms with van der Waals surface area (Å²) >= 11 is 0. The maximum atomic E-state index is 12.0. The van der Waals surface area contributed by atoms with Gasteiger partial charge < -0.3 is 25.0 Å². The number of hydrogen-bond acceptors (Lipinski definition) is 6. The van der Waals surface area contributed by atoms with Crippen LogP contribution in [-0.4, -0.2) is 84.8 Å². The van der Waals surface area contributed by atoms with E-state index >= 15 is 0 Å². The highest BCUT2D eigenvalue weighted by molar-refractivity contribution is 6.82. The van der Waals surface area contributed by atoms with E-state index in [2.05, 4.69) is 30.9 Å². The lowest BCUT2D eigenvalue weighted by Gasteiger charge is -2.59. The van der Waals surface area contributed by atoms with Crippen LogP contribution in [0.4, 0.5) is 22.9 Å². The summed E-state index contributed by atoms with van der Waals surface area (Å²) in [5.74, 6) is 0.747. The molecule has 0 aliphatic carbocycles. The summed E-state index contributed by atoms with van der Waals surface area (Å²) in [6.45, 7) is 0.427. The summed E-state index contributed by atoms with van der Waals surface area (Å²) in [5, 5.41) is 13.5. The summed E-state index contributed by atoms with van der Waals surface area (Å²) < 4.78 is 6.34. The molecular formula is C17H22B6N4O3. The molecule has 7 nitrogen and oxygen atoms in total. The van der Waals surface area contributed by atoms with Crippen molar-refractivity contribution in [2.75, 3.05) is 15.1 Å². The van der Waals surface area contributed by atoms with Gasteiger partial charge >= 0.3 is 0 Å². The van der Waals surface area contributed by atoms with E-state index in [1.165, 1.54) is 0 Å². The number of aromatic nitrogens is 1. The van der Waals surface area contributed by atoms with Gasteiger partial charge in [-0.1, -0.05) is 6.07 Å². The van der Waals surface area contributed by atoms with Gasteiger partial charge in [-0.15, -0.1) is 0 Å². The molecule has 2 aromatic rings. The predicted molar refractivity (Wildman–Crippen MR) is 133 cm³/mol. The summed E-state index contributed by atoms with van der Waals surface area (Å²) in [5.41, 5.74) is 2.13. The first-order chi connectivity index (χ1) is 14.0. The van der Waals surface area contributed by atoms with Gasteiger partial charge in [0, 0.05) is 33.6 Å². The largest absolute Gasteiger partial charge is 0.399 e. The molecule has 146 valence electrons. The van der Waals surface area contributed by atoms with E-state index in [0.717, 1.165) is 42.1 Å². The Balaban J connectivity index is 1.63. The Morgan fingerprint density at radius 1 is 1.23 bits per heavy atom. The van der Waals surface area contributed by atoms with Gasteiger partial charge in [0.15, 0.2) is 15.1 Å². The van der Waals surface area contributed by atoms with Gasteiger partial charge in [-0.3, -0.25) is 4.79 Å². The number of aliphatic hydroxyl groups is 1. The number of pyridine rings is 1. The second-order valence-corrected chi connectivity index (χ2v) is 9.72. The number of morpholine rings is 1. The molecule has 1 aromatic carbocycles. The Morgan fingerprint density at radius 3 is 2.73 bits per heavy atom. The van der Waals surface area contributed by atoms with Crippen LogP contribution in [0.3, 0.4) is 0 Å². The van der Waals surface area contributed by atoms with Crippen LogP contribution >= 0.6 is 0 Å². The lowest BCUT2D eigenvalue weighted by Crippen LogP contribution is -2.77. The molecule has 3 aliphatic heterocycles. The van der Waals surface area contributed by atoms with Gasteiger partial charge in [-0.05, 0) is 24.3 Å². The highest BCUT2D eigenvalue weighted by atomic mass is 16.5.